The van der Waals surface area contributed by atoms with Crippen LogP contribution >= 0.6 is 0 Å². The number of aromatic nitrogens is 2. The topological polar surface area (TPSA) is 88.2 Å². The van der Waals surface area contributed by atoms with Gasteiger partial charge in [-0.2, -0.15) is 0 Å². The van der Waals surface area contributed by atoms with Gasteiger partial charge in [-0.1, -0.05) is 31.8 Å². The molecule has 2 heterocycles. The van der Waals surface area contributed by atoms with Gasteiger partial charge < -0.3 is 14.9 Å². The minimum absolute atomic E-state index is 0.140. The number of aliphatic hydroxyl groups is 1. The molecular formula is C19H25N3O3. The van der Waals surface area contributed by atoms with Crippen LogP contribution in [-0.4, -0.2) is 33.3 Å². The van der Waals surface area contributed by atoms with Crippen LogP contribution in [0.5, 0.6) is 0 Å². The average molecular weight is 343 g/mol. The number of rotatable bonds is 4. The number of aliphatic hydroxyl groups excluding tert-OH is 1. The molecule has 2 fully saturated rings. The van der Waals surface area contributed by atoms with Crippen LogP contribution < -0.4 is 5.32 Å². The second kappa shape index (κ2) is 6.41. The molecule has 0 bridgehead atoms. The van der Waals surface area contributed by atoms with Gasteiger partial charge in [0.05, 0.1) is 28.8 Å². The van der Waals surface area contributed by atoms with Crippen molar-refractivity contribution < 1.29 is 14.4 Å². The van der Waals surface area contributed by atoms with Crippen LogP contribution in [0.1, 0.15) is 86.0 Å². The van der Waals surface area contributed by atoms with Gasteiger partial charge in [0.15, 0.2) is 0 Å². The number of carbonyl (C=O) groups excluding carboxylic acids is 1. The second-order valence-corrected chi connectivity index (χ2v) is 7.70. The zero-order chi connectivity index (χ0) is 17.6. The van der Waals surface area contributed by atoms with Crippen molar-refractivity contribution in [1.29, 1.82) is 0 Å². The van der Waals surface area contributed by atoms with E-state index in [1.54, 1.807) is 0 Å². The lowest BCUT2D eigenvalue weighted by atomic mass is 9.92. The maximum Gasteiger partial charge on any atom is 0.259 e. The summed E-state index contributed by atoms with van der Waals surface area (Å²) in [4.78, 5) is 17.6. The summed E-state index contributed by atoms with van der Waals surface area (Å²) in [5.74, 6) is 0.399. The van der Waals surface area contributed by atoms with E-state index in [0.29, 0.717) is 22.6 Å². The number of nitrogens with one attached hydrogen (secondary N) is 1. The zero-order valence-electron chi connectivity index (χ0n) is 14.8. The first kappa shape index (κ1) is 16.5. The van der Waals surface area contributed by atoms with E-state index in [4.69, 9.17) is 4.52 Å². The Labute approximate surface area is 147 Å². The van der Waals surface area contributed by atoms with Gasteiger partial charge in [-0.05, 0) is 37.7 Å². The summed E-state index contributed by atoms with van der Waals surface area (Å²) in [6.07, 6.45) is 5.35. The van der Waals surface area contributed by atoms with Crippen LogP contribution in [-0.2, 0) is 0 Å². The molecule has 6 nitrogen and oxygen atoms in total. The molecule has 2 aliphatic rings. The van der Waals surface area contributed by atoms with Crippen molar-refractivity contribution in [2.24, 2.45) is 0 Å². The molecular weight excluding hydrogens is 318 g/mol. The van der Waals surface area contributed by atoms with Gasteiger partial charge in [0, 0.05) is 11.6 Å². The maximum atomic E-state index is 13.0. The fraction of sp³-hybridized carbons (Fsp3) is 0.632. The van der Waals surface area contributed by atoms with Crippen molar-refractivity contribution in [2.75, 3.05) is 0 Å². The second-order valence-electron chi connectivity index (χ2n) is 7.70. The molecule has 0 saturated heterocycles. The Kier molecular flexibility index (Phi) is 4.23. The van der Waals surface area contributed by atoms with Crippen molar-refractivity contribution in [3.05, 3.63) is 23.0 Å². The molecule has 0 spiro atoms. The lowest BCUT2D eigenvalue weighted by Gasteiger charge is -2.28. The quantitative estimate of drug-likeness (QED) is 0.889. The molecule has 6 heteroatoms. The SMILES string of the molecule is CC(C)c1noc2nc(C3CC3)cc(C(=O)NC3CCCCC3O)c12. The van der Waals surface area contributed by atoms with E-state index in [1.807, 2.05) is 19.9 Å². The molecule has 2 N–H and O–H groups in total. The molecule has 2 aromatic rings. The number of pyridine rings is 1. The predicted octanol–water partition coefficient (Wildman–Crippen LogP) is 3.26. The lowest BCUT2D eigenvalue weighted by molar-refractivity contribution is 0.0718. The van der Waals surface area contributed by atoms with Crippen molar-refractivity contribution in [3.8, 4) is 0 Å². The molecule has 2 unspecified atom stereocenters. The first-order valence-corrected chi connectivity index (χ1v) is 9.33. The van der Waals surface area contributed by atoms with Gasteiger partial charge in [0.1, 0.15) is 0 Å². The molecule has 134 valence electrons. The Hall–Kier alpha value is -1.95. The standard InChI is InChI=1S/C19H25N3O3/c1-10(2)17-16-12(18(24)20-13-5-3-4-6-15(13)23)9-14(11-7-8-11)21-19(16)25-22-17/h9-11,13,15,23H,3-8H2,1-2H3,(H,20,24). The minimum Gasteiger partial charge on any atom is -0.391 e. The molecule has 0 radical (unpaired) electrons. The Bertz CT molecular complexity index is 795. The normalized spacial score (nSPS) is 24.0. The van der Waals surface area contributed by atoms with Crippen molar-refractivity contribution in [1.82, 2.24) is 15.5 Å². The largest absolute Gasteiger partial charge is 0.391 e. The first-order valence-electron chi connectivity index (χ1n) is 9.33. The monoisotopic (exact) mass is 343 g/mol. The van der Waals surface area contributed by atoms with E-state index in [-0.39, 0.29) is 17.9 Å². The number of carbonyl (C=O) groups is 1. The summed E-state index contributed by atoms with van der Waals surface area (Å²) in [6.45, 7) is 4.05. The van der Waals surface area contributed by atoms with Crippen LogP contribution in [0.4, 0.5) is 0 Å². The fourth-order valence-electron chi connectivity index (χ4n) is 3.68. The molecule has 0 aromatic carbocycles. The van der Waals surface area contributed by atoms with Crippen molar-refractivity contribution >= 4 is 17.0 Å². The van der Waals surface area contributed by atoms with E-state index < -0.39 is 6.10 Å². The number of fused-ring (bicyclic) bond motifs is 1. The molecule has 2 aliphatic carbocycles. The Morgan fingerprint density at radius 1 is 1.28 bits per heavy atom. The fourth-order valence-corrected chi connectivity index (χ4v) is 3.68. The third kappa shape index (κ3) is 3.15. The summed E-state index contributed by atoms with van der Waals surface area (Å²) in [5, 5.41) is 18.1. The van der Waals surface area contributed by atoms with E-state index in [1.165, 1.54) is 0 Å². The highest BCUT2D eigenvalue weighted by atomic mass is 16.5. The predicted molar refractivity (Wildman–Crippen MR) is 93.6 cm³/mol. The number of hydrogen-bond acceptors (Lipinski definition) is 5. The van der Waals surface area contributed by atoms with Crippen molar-refractivity contribution in [2.45, 2.75) is 76.4 Å². The smallest absolute Gasteiger partial charge is 0.259 e. The van der Waals surface area contributed by atoms with Gasteiger partial charge in [-0.25, -0.2) is 4.98 Å². The van der Waals surface area contributed by atoms with E-state index in [9.17, 15) is 9.90 Å². The molecule has 0 aliphatic heterocycles. The molecule has 2 aromatic heterocycles. The van der Waals surface area contributed by atoms with Gasteiger partial charge in [-0.15, -0.1) is 0 Å². The molecule has 25 heavy (non-hydrogen) atoms. The van der Waals surface area contributed by atoms with Crippen LogP contribution in [0, 0.1) is 0 Å². The number of nitrogens with zero attached hydrogens (tertiary/aromatic N) is 2. The summed E-state index contributed by atoms with van der Waals surface area (Å²) in [7, 11) is 0. The third-order valence-electron chi connectivity index (χ3n) is 5.33. The van der Waals surface area contributed by atoms with Crippen LogP contribution in [0.25, 0.3) is 11.1 Å². The molecule has 2 saturated carbocycles. The summed E-state index contributed by atoms with van der Waals surface area (Å²) in [5.41, 5.74) is 2.70. The summed E-state index contributed by atoms with van der Waals surface area (Å²) >= 11 is 0. The lowest BCUT2D eigenvalue weighted by Crippen LogP contribution is -2.45. The highest BCUT2D eigenvalue weighted by Crippen LogP contribution is 2.41. The van der Waals surface area contributed by atoms with Crippen LogP contribution in [0.3, 0.4) is 0 Å². The Balaban J connectivity index is 1.72. The molecule has 2 atom stereocenters. The van der Waals surface area contributed by atoms with E-state index >= 15 is 0 Å². The van der Waals surface area contributed by atoms with Gasteiger partial charge in [0.25, 0.3) is 11.6 Å². The summed E-state index contributed by atoms with van der Waals surface area (Å²) < 4.78 is 5.44. The number of hydrogen-bond donors (Lipinski definition) is 2. The number of amides is 1. The average Bonchev–Trinajstić information content (AvgIpc) is 3.35. The molecule has 4 rings (SSSR count). The van der Waals surface area contributed by atoms with E-state index in [0.717, 1.165) is 49.9 Å². The highest BCUT2D eigenvalue weighted by molar-refractivity contribution is 6.06. The van der Waals surface area contributed by atoms with Crippen LogP contribution in [0.2, 0.25) is 0 Å². The Morgan fingerprint density at radius 3 is 2.72 bits per heavy atom. The van der Waals surface area contributed by atoms with E-state index in [2.05, 4.69) is 15.5 Å². The third-order valence-corrected chi connectivity index (χ3v) is 5.33. The summed E-state index contributed by atoms with van der Waals surface area (Å²) in [6, 6.07) is 1.71. The highest BCUT2D eigenvalue weighted by Gasteiger charge is 2.31. The van der Waals surface area contributed by atoms with Gasteiger partial charge in [0.2, 0.25) is 0 Å². The first-order chi connectivity index (χ1) is 12.0. The van der Waals surface area contributed by atoms with Gasteiger partial charge >= 0.3 is 0 Å². The van der Waals surface area contributed by atoms with Crippen molar-refractivity contribution in [3.63, 3.8) is 0 Å². The van der Waals surface area contributed by atoms with Crippen LogP contribution in [0.15, 0.2) is 10.6 Å². The van der Waals surface area contributed by atoms with Gasteiger partial charge in [-0.3, -0.25) is 4.79 Å². The minimum atomic E-state index is -0.468. The zero-order valence-corrected chi connectivity index (χ0v) is 14.8. The Morgan fingerprint density at radius 2 is 2.04 bits per heavy atom. The molecule has 1 amide bonds. The maximum absolute atomic E-state index is 13.0.